The van der Waals surface area contributed by atoms with Crippen LogP contribution in [0.1, 0.15) is 47.5 Å². The fourth-order valence-electron chi connectivity index (χ4n) is 1.71. The van der Waals surface area contributed by atoms with E-state index in [0.717, 1.165) is 13.0 Å². The summed E-state index contributed by atoms with van der Waals surface area (Å²) in [5, 5.41) is 2.91. The van der Waals surface area contributed by atoms with Crippen molar-refractivity contribution in [1.29, 1.82) is 0 Å². The van der Waals surface area contributed by atoms with E-state index in [-0.39, 0.29) is 11.3 Å². The minimum absolute atomic E-state index is 0.0904. The maximum absolute atomic E-state index is 11.8. The number of carbonyl (C=O) groups excluding carboxylic acids is 1. The second-order valence-corrected chi connectivity index (χ2v) is 5.34. The van der Waals surface area contributed by atoms with E-state index in [1.54, 1.807) is 0 Å². The van der Waals surface area contributed by atoms with Gasteiger partial charge in [0.25, 0.3) is 0 Å². The van der Waals surface area contributed by atoms with Gasteiger partial charge in [-0.25, -0.2) is 0 Å². The second kappa shape index (κ2) is 5.21. The van der Waals surface area contributed by atoms with Crippen molar-refractivity contribution in [1.82, 2.24) is 5.32 Å². The van der Waals surface area contributed by atoms with E-state index in [1.807, 2.05) is 34.6 Å². The molecule has 0 fully saturated rings. The fourth-order valence-corrected chi connectivity index (χ4v) is 1.71. The predicted molar refractivity (Wildman–Crippen MR) is 64.3 cm³/mol. The summed E-state index contributed by atoms with van der Waals surface area (Å²) in [4.78, 5) is 11.8. The first-order valence-corrected chi connectivity index (χ1v) is 5.51. The Morgan fingerprint density at radius 3 is 2.27 bits per heavy atom. The van der Waals surface area contributed by atoms with E-state index in [9.17, 15) is 4.79 Å². The van der Waals surface area contributed by atoms with Gasteiger partial charge < -0.3 is 5.32 Å². The van der Waals surface area contributed by atoms with Crippen molar-refractivity contribution in [2.75, 3.05) is 6.54 Å². The maximum Gasteiger partial charge on any atom is 0.225 e. The molecule has 15 heavy (non-hydrogen) atoms. The Labute approximate surface area is 93.8 Å². The van der Waals surface area contributed by atoms with Gasteiger partial charge in [0.15, 0.2) is 0 Å². The summed E-state index contributed by atoms with van der Waals surface area (Å²) >= 11 is 0. The van der Waals surface area contributed by atoms with Crippen molar-refractivity contribution in [3.05, 3.63) is 0 Å². The molecule has 86 valence electrons. The molecule has 0 heterocycles. The third kappa shape index (κ3) is 4.88. The highest BCUT2D eigenvalue weighted by Crippen LogP contribution is 2.33. The van der Waals surface area contributed by atoms with Crippen molar-refractivity contribution in [2.45, 2.75) is 47.5 Å². The zero-order valence-electron chi connectivity index (χ0n) is 10.6. The number of hydrogen-bond acceptors (Lipinski definition) is 1. The molecule has 1 N–H and O–H groups in total. The number of nitrogens with one attached hydrogen (secondary N) is 1. The largest absolute Gasteiger partial charge is 0.356 e. The summed E-state index contributed by atoms with van der Waals surface area (Å²) < 4.78 is 0. The summed E-state index contributed by atoms with van der Waals surface area (Å²) in [7, 11) is 0. The normalized spacial score (nSPS) is 12.0. The Balaban J connectivity index is 4.42. The third-order valence-corrected chi connectivity index (χ3v) is 2.42. The van der Waals surface area contributed by atoms with Gasteiger partial charge in [0.1, 0.15) is 0 Å². The summed E-state index contributed by atoms with van der Waals surface area (Å²) in [5.74, 6) is 2.82. The minimum Gasteiger partial charge on any atom is -0.356 e. The summed E-state index contributed by atoms with van der Waals surface area (Å²) in [6.07, 6.45) is 7.09. The van der Waals surface area contributed by atoms with Gasteiger partial charge in [-0.2, -0.15) is 0 Å². The standard InChI is InChI=1S/C13H23NO/c1-7-9-14-11(15)13(5,6)10-12(3,4)8-2/h2H,7,9-10H2,1,3-6H3,(H,14,15). The lowest BCUT2D eigenvalue weighted by molar-refractivity contribution is -0.130. The van der Waals surface area contributed by atoms with Crippen LogP contribution in [0.2, 0.25) is 0 Å². The van der Waals surface area contributed by atoms with Crippen LogP contribution >= 0.6 is 0 Å². The van der Waals surface area contributed by atoms with E-state index in [1.165, 1.54) is 0 Å². The summed E-state index contributed by atoms with van der Waals surface area (Å²) in [5.41, 5.74) is -0.627. The second-order valence-electron chi connectivity index (χ2n) is 5.34. The molecule has 2 heteroatoms. The zero-order chi connectivity index (χ0) is 12.1. The summed E-state index contributed by atoms with van der Waals surface area (Å²) in [6, 6.07) is 0. The molecule has 0 radical (unpaired) electrons. The topological polar surface area (TPSA) is 29.1 Å². The molecule has 0 atom stereocenters. The molecule has 2 nitrogen and oxygen atoms in total. The molecular weight excluding hydrogens is 186 g/mol. The molecule has 0 aromatic rings. The first-order valence-electron chi connectivity index (χ1n) is 5.51. The lowest BCUT2D eigenvalue weighted by Crippen LogP contribution is -2.39. The molecule has 0 aliphatic heterocycles. The van der Waals surface area contributed by atoms with Gasteiger partial charge in [-0.15, -0.1) is 12.3 Å². The van der Waals surface area contributed by atoms with Crippen LogP contribution in [-0.2, 0) is 4.79 Å². The van der Waals surface area contributed by atoms with Crippen LogP contribution in [-0.4, -0.2) is 12.5 Å². The van der Waals surface area contributed by atoms with Crippen molar-refractivity contribution in [2.24, 2.45) is 10.8 Å². The highest BCUT2D eigenvalue weighted by molar-refractivity contribution is 5.81. The van der Waals surface area contributed by atoms with Gasteiger partial charge >= 0.3 is 0 Å². The van der Waals surface area contributed by atoms with E-state index >= 15 is 0 Å². The number of rotatable bonds is 5. The van der Waals surface area contributed by atoms with Gasteiger partial charge in [-0.3, -0.25) is 4.79 Å². The van der Waals surface area contributed by atoms with Crippen molar-refractivity contribution >= 4 is 5.91 Å². The Kier molecular flexibility index (Phi) is 4.87. The van der Waals surface area contributed by atoms with Crippen molar-refractivity contribution in [3.63, 3.8) is 0 Å². The first kappa shape index (κ1) is 14.0. The maximum atomic E-state index is 11.8. The molecule has 0 bridgehead atoms. The summed E-state index contributed by atoms with van der Waals surface area (Å²) in [6.45, 7) is 10.6. The van der Waals surface area contributed by atoms with Gasteiger partial charge in [-0.05, 0) is 26.7 Å². The van der Waals surface area contributed by atoms with Crippen molar-refractivity contribution < 1.29 is 4.79 Å². The average molecular weight is 209 g/mol. The molecule has 0 aliphatic rings. The van der Waals surface area contributed by atoms with Crippen LogP contribution in [0.3, 0.4) is 0 Å². The van der Waals surface area contributed by atoms with E-state index in [0.29, 0.717) is 6.42 Å². The Morgan fingerprint density at radius 2 is 1.87 bits per heavy atom. The molecular formula is C13H23NO. The highest BCUT2D eigenvalue weighted by atomic mass is 16.2. The lowest BCUT2D eigenvalue weighted by Gasteiger charge is -2.30. The molecule has 0 saturated carbocycles. The predicted octanol–water partition coefficient (Wildman–Crippen LogP) is 2.59. The van der Waals surface area contributed by atoms with Crippen LogP contribution in [0, 0.1) is 23.2 Å². The van der Waals surface area contributed by atoms with Crippen LogP contribution < -0.4 is 5.32 Å². The Bertz CT molecular complexity index is 258. The lowest BCUT2D eigenvalue weighted by atomic mass is 9.75. The zero-order valence-corrected chi connectivity index (χ0v) is 10.6. The fraction of sp³-hybridized carbons (Fsp3) is 0.769. The minimum atomic E-state index is -0.398. The molecule has 0 aliphatic carbocycles. The van der Waals surface area contributed by atoms with Crippen molar-refractivity contribution in [3.8, 4) is 12.3 Å². The smallest absolute Gasteiger partial charge is 0.225 e. The number of carbonyl (C=O) groups is 1. The number of hydrogen-bond donors (Lipinski definition) is 1. The van der Waals surface area contributed by atoms with Crippen LogP contribution in [0.4, 0.5) is 0 Å². The van der Waals surface area contributed by atoms with Crippen LogP contribution in [0.25, 0.3) is 0 Å². The Hall–Kier alpha value is -0.970. The third-order valence-electron chi connectivity index (χ3n) is 2.42. The van der Waals surface area contributed by atoms with Crippen LogP contribution in [0.5, 0.6) is 0 Å². The van der Waals surface area contributed by atoms with Gasteiger partial charge in [0.05, 0.1) is 0 Å². The molecule has 0 unspecified atom stereocenters. The van der Waals surface area contributed by atoms with Gasteiger partial charge in [-0.1, -0.05) is 20.8 Å². The monoisotopic (exact) mass is 209 g/mol. The molecule has 0 rings (SSSR count). The first-order chi connectivity index (χ1) is 6.75. The molecule has 1 amide bonds. The molecule has 0 spiro atoms. The molecule has 0 saturated heterocycles. The van der Waals surface area contributed by atoms with E-state index in [2.05, 4.69) is 11.2 Å². The highest BCUT2D eigenvalue weighted by Gasteiger charge is 2.33. The molecule has 0 aromatic carbocycles. The van der Waals surface area contributed by atoms with E-state index < -0.39 is 5.41 Å². The number of amides is 1. The van der Waals surface area contributed by atoms with E-state index in [4.69, 9.17) is 6.42 Å². The Morgan fingerprint density at radius 1 is 1.33 bits per heavy atom. The average Bonchev–Trinajstić information content (AvgIpc) is 2.12. The molecule has 0 aromatic heterocycles. The SMILES string of the molecule is C#CC(C)(C)CC(C)(C)C(=O)NCCC. The number of terminal acetylenes is 1. The van der Waals surface area contributed by atoms with Gasteiger partial charge in [0, 0.05) is 17.4 Å². The van der Waals surface area contributed by atoms with Gasteiger partial charge in [0.2, 0.25) is 5.91 Å². The van der Waals surface area contributed by atoms with Crippen LogP contribution in [0.15, 0.2) is 0 Å². The quantitative estimate of drug-likeness (QED) is 0.693.